The molecule has 1 saturated carbocycles. The van der Waals surface area contributed by atoms with Crippen molar-refractivity contribution in [3.63, 3.8) is 0 Å². The Morgan fingerprint density at radius 2 is 2.11 bits per heavy atom. The molecule has 0 radical (unpaired) electrons. The molecule has 1 unspecified atom stereocenters. The lowest BCUT2D eigenvalue weighted by Gasteiger charge is -2.58. The first-order valence-corrected chi connectivity index (χ1v) is 10.3. The normalized spacial score (nSPS) is 44.5. The predicted octanol–water partition coefficient (Wildman–Crippen LogP) is 3.37. The first-order valence-electron chi connectivity index (χ1n) is 10.3. The molecule has 1 aliphatic carbocycles. The van der Waals surface area contributed by atoms with E-state index in [9.17, 15) is 9.59 Å². The molecule has 4 saturated heterocycles. The molecule has 28 heavy (non-hydrogen) atoms. The summed E-state index contributed by atoms with van der Waals surface area (Å²) in [5.41, 5.74) is -0.206. The van der Waals surface area contributed by atoms with Crippen LogP contribution in [0.5, 0.6) is 0 Å². The van der Waals surface area contributed by atoms with Crippen LogP contribution in [0.15, 0.2) is 18.3 Å². The number of esters is 1. The Balaban J connectivity index is 1.44. The average molecular weight is 389 g/mol. The first kappa shape index (κ1) is 18.3. The van der Waals surface area contributed by atoms with Crippen LogP contribution in [0.4, 0.5) is 0 Å². The second kappa shape index (κ2) is 6.40. The number of ketones is 1. The molecule has 6 rings (SSSR count). The molecule has 7 heteroatoms. The summed E-state index contributed by atoms with van der Waals surface area (Å²) in [7, 11) is 0. The van der Waals surface area contributed by atoms with E-state index in [1.807, 2.05) is 6.92 Å². The van der Waals surface area contributed by atoms with E-state index in [0.717, 1.165) is 19.3 Å². The van der Waals surface area contributed by atoms with Gasteiger partial charge in [0.1, 0.15) is 0 Å². The topological polar surface area (TPSA) is 86.9 Å². The minimum Gasteiger partial charge on any atom is -0.432 e. The number of H-pyrrole nitrogens is 1. The van der Waals surface area contributed by atoms with Crippen molar-refractivity contribution in [3.05, 3.63) is 24.0 Å². The number of nitrogens with one attached hydrogen (secondary N) is 1. The minimum atomic E-state index is -0.881. The highest BCUT2D eigenvalue weighted by Crippen LogP contribution is 2.60. The highest BCUT2D eigenvalue weighted by molar-refractivity contribution is 5.94. The van der Waals surface area contributed by atoms with E-state index in [1.54, 1.807) is 18.3 Å². The number of aromatic nitrogens is 1. The summed E-state index contributed by atoms with van der Waals surface area (Å²) in [6.45, 7) is 4.07. The van der Waals surface area contributed by atoms with Gasteiger partial charge in [0.15, 0.2) is 11.4 Å². The molecule has 5 heterocycles. The maximum Gasteiger partial charge on any atom is 0.311 e. The van der Waals surface area contributed by atoms with Crippen LogP contribution in [0.2, 0.25) is 0 Å². The Bertz CT molecular complexity index is 778. The molecule has 7 nitrogen and oxygen atoms in total. The number of fused-ring (bicyclic) bond motifs is 2. The van der Waals surface area contributed by atoms with Crippen molar-refractivity contribution < 1.29 is 28.8 Å². The van der Waals surface area contributed by atoms with Crippen LogP contribution >= 0.6 is 0 Å². The van der Waals surface area contributed by atoms with Gasteiger partial charge in [0.05, 0.1) is 11.6 Å². The quantitative estimate of drug-likeness (QED) is 0.483. The van der Waals surface area contributed by atoms with Gasteiger partial charge in [-0.15, -0.1) is 0 Å². The van der Waals surface area contributed by atoms with Crippen LogP contribution in [0.25, 0.3) is 0 Å². The molecular formula is C21H27NO6. The highest BCUT2D eigenvalue weighted by Gasteiger charge is 2.70. The molecular weight excluding hydrogens is 362 g/mol. The van der Waals surface area contributed by atoms with E-state index < -0.39 is 17.7 Å². The summed E-state index contributed by atoms with van der Waals surface area (Å²) < 4.78 is 11.9. The zero-order chi connectivity index (χ0) is 19.5. The number of carbonyl (C=O) groups is 2. The third-order valence-corrected chi connectivity index (χ3v) is 7.37. The molecule has 1 aromatic heterocycles. The zero-order valence-electron chi connectivity index (χ0n) is 16.3. The maximum atomic E-state index is 12.9. The lowest BCUT2D eigenvalue weighted by atomic mass is 9.57. The van der Waals surface area contributed by atoms with E-state index in [-0.39, 0.29) is 35.9 Å². The minimum absolute atomic E-state index is 0.00338. The van der Waals surface area contributed by atoms with E-state index in [4.69, 9.17) is 19.2 Å². The van der Waals surface area contributed by atoms with Gasteiger partial charge < -0.3 is 14.5 Å². The fraction of sp³-hybridized carbons (Fsp3) is 0.714. The van der Waals surface area contributed by atoms with Gasteiger partial charge >= 0.3 is 5.97 Å². The van der Waals surface area contributed by atoms with Crippen LogP contribution in [0.3, 0.4) is 0 Å². The third kappa shape index (κ3) is 2.60. The third-order valence-electron chi connectivity index (χ3n) is 7.37. The Labute approximate surface area is 164 Å². The number of hydrogen-bond acceptors (Lipinski definition) is 6. The summed E-state index contributed by atoms with van der Waals surface area (Å²) in [6.07, 6.45) is 5.21. The molecule has 5 fully saturated rings. The van der Waals surface area contributed by atoms with Crippen molar-refractivity contribution in [2.24, 2.45) is 23.7 Å². The first-order chi connectivity index (χ1) is 13.4. The second-order valence-corrected chi connectivity index (χ2v) is 9.00. The summed E-state index contributed by atoms with van der Waals surface area (Å²) in [5, 5.41) is 0. The molecule has 1 N–H and O–H groups in total. The predicted molar refractivity (Wildman–Crippen MR) is 96.7 cm³/mol. The van der Waals surface area contributed by atoms with Gasteiger partial charge in [-0.1, -0.05) is 6.92 Å². The average Bonchev–Trinajstić information content (AvgIpc) is 3.11. The van der Waals surface area contributed by atoms with Gasteiger partial charge in [-0.05, 0) is 50.7 Å². The van der Waals surface area contributed by atoms with E-state index in [0.29, 0.717) is 24.5 Å². The molecule has 0 amide bonds. The van der Waals surface area contributed by atoms with Crippen LogP contribution < -0.4 is 0 Å². The number of hydrogen-bond donors (Lipinski definition) is 1. The Kier molecular flexibility index (Phi) is 4.19. The molecule has 4 aliphatic heterocycles. The van der Waals surface area contributed by atoms with Crippen molar-refractivity contribution >= 4 is 11.8 Å². The van der Waals surface area contributed by atoms with Crippen molar-refractivity contribution in [1.29, 1.82) is 0 Å². The van der Waals surface area contributed by atoms with Crippen LogP contribution in [0, 0.1) is 23.7 Å². The van der Waals surface area contributed by atoms with Crippen LogP contribution in [-0.2, 0) is 24.0 Å². The summed E-state index contributed by atoms with van der Waals surface area (Å²) in [5.74, 6) is -0.982. The van der Waals surface area contributed by atoms with E-state index in [2.05, 4.69) is 11.9 Å². The maximum absolute atomic E-state index is 12.9. The summed E-state index contributed by atoms with van der Waals surface area (Å²) in [4.78, 5) is 40.1. The number of rotatable bonds is 4. The molecule has 0 aromatic carbocycles. The monoisotopic (exact) mass is 389 g/mol. The molecule has 1 spiro atoms. The lowest BCUT2D eigenvalue weighted by Crippen LogP contribution is -2.70. The SMILES string of the molecule is C[C@@H]1CC[C@H]2C(CCC(=O)c3ccc[nH]3)C(=O)O[C@@H]3O[C@@]4(C)CC[C@@H]1[C@]32OO4. The van der Waals surface area contributed by atoms with Gasteiger partial charge in [0.25, 0.3) is 0 Å². The van der Waals surface area contributed by atoms with Crippen molar-refractivity contribution in [3.8, 4) is 0 Å². The Hall–Kier alpha value is -1.70. The van der Waals surface area contributed by atoms with Gasteiger partial charge in [-0.2, -0.15) is 0 Å². The highest BCUT2D eigenvalue weighted by atomic mass is 17.3. The Morgan fingerprint density at radius 3 is 2.89 bits per heavy atom. The number of aromatic amines is 1. The largest absolute Gasteiger partial charge is 0.432 e. The zero-order valence-corrected chi connectivity index (χ0v) is 16.3. The second-order valence-electron chi connectivity index (χ2n) is 9.00. The smallest absolute Gasteiger partial charge is 0.311 e. The van der Waals surface area contributed by atoms with Crippen molar-refractivity contribution in [2.45, 2.75) is 70.1 Å². The van der Waals surface area contributed by atoms with Crippen LogP contribution in [-0.4, -0.2) is 34.4 Å². The Morgan fingerprint density at radius 1 is 1.25 bits per heavy atom. The summed E-state index contributed by atoms with van der Waals surface area (Å²) in [6, 6.07) is 3.55. The van der Waals surface area contributed by atoms with Gasteiger partial charge in [-0.3, -0.25) is 9.59 Å². The molecule has 5 aliphatic rings. The fourth-order valence-electron chi connectivity index (χ4n) is 5.86. The van der Waals surface area contributed by atoms with Gasteiger partial charge in [-0.25, -0.2) is 9.78 Å². The van der Waals surface area contributed by atoms with Crippen LogP contribution in [0.1, 0.15) is 62.9 Å². The van der Waals surface area contributed by atoms with Gasteiger partial charge in [0, 0.05) is 30.9 Å². The van der Waals surface area contributed by atoms with E-state index in [1.165, 1.54) is 0 Å². The van der Waals surface area contributed by atoms with Crippen molar-refractivity contribution in [2.75, 3.05) is 0 Å². The number of ether oxygens (including phenoxy) is 2. The molecule has 1 aromatic rings. The standard InChI is InChI=1S/C21H27NO6/c1-12-5-7-15-13(6-8-17(23)16-4-3-11-22-16)18(24)25-19-21(15)14(12)9-10-20(2,26-19)27-28-21/h3-4,11-15,19,22H,5-10H2,1-2H3/t12-,13?,14+,15+,19-,20-,21-/m1/s1. The lowest BCUT2D eigenvalue weighted by molar-refractivity contribution is -0.559. The number of Topliss-reactive ketones (excluding diaryl/α,β-unsaturated/α-hetero) is 1. The van der Waals surface area contributed by atoms with E-state index >= 15 is 0 Å². The summed E-state index contributed by atoms with van der Waals surface area (Å²) >= 11 is 0. The molecule has 2 bridgehead atoms. The number of carbonyl (C=O) groups excluding carboxylic acids is 2. The van der Waals surface area contributed by atoms with Crippen molar-refractivity contribution in [1.82, 2.24) is 4.98 Å². The van der Waals surface area contributed by atoms with Gasteiger partial charge in [0.2, 0.25) is 12.1 Å². The molecule has 152 valence electrons. The fourth-order valence-corrected chi connectivity index (χ4v) is 5.86. The molecule has 7 atom stereocenters.